The SMILES string of the molecule is C=C(Nc1ccccc1-c1ccccc1)N1CCCC(CNc2cc(-c3ccccc3O)nc3c(C)cnn23)C1. The fraction of sp³-hybridized carbons (Fsp3) is 0.212. The molecule has 1 aliphatic rings. The molecule has 0 aliphatic carbocycles. The lowest BCUT2D eigenvalue weighted by Crippen LogP contribution is -2.39. The first kappa shape index (κ1) is 25.5. The van der Waals surface area contributed by atoms with E-state index in [1.807, 2.05) is 48.0 Å². The number of nitrogens with one attached hydrogen (secondary N) is 2. The van der Waals surface area contributed by atoms with Gasteiger partial charge in [-0.1, -0.05) is 67.2 Å². The zero-order valence-electron chi connectivity index (χ0n) is 22.7. The lowest BCUT2D eigenvalue weighted by molar-refractivity contribution is 0.227. The van der Waals surface area contributed by atoms with Crippen molar-refractivity contribution < 1.29 is 5.11 Å². The number of rotatable bonds is 8. The molecule has 1 fully saturated rings. The Labute approximate surface area is 234 Å². The molecular formula is C33H34N6O. The Bertz CT molecular complexity index is 1640. The summed E-state index contributed by atoms with van der Waals surface area (Å²) in [6.07, 6.45) is 4.06. The molecule has 1 unspecified atom stereocenters. The quantitative estimate of drug-likeness (QED) is 0.205. The molecule has 0 radical (unpaired) electrons. The highest BCUT2D eigenvalue weighted by Gasteiger charge is 2.22. The summed E-state index contributed by atoms with van der Waals surface area (Å²) < 4.78 is 1.85. The number of hydrogen-bond donors (Lipinski definition) is 3. The number of nitrogens with zero attached hydrogens (tertiary/aromatic N) is 4. The first-order valence-corrected chi connectivity index (χ1v) is 13.8. The van der Waals surface area contributed by atoms with Gasteiger partial charge in [0.1, 0.15) is 11.6 Å². The number of likely N-dealkylation sites (tertiary alicyclic amines) is 1. The van der Waals surface area contributed by atoms with E-state index in [0.29, 0.717) is 11.5 Å². The summed E-state index contributed by atoms with van der Waals surface area (Å²) in [5, 5.41) is 22.2. The van der Waals surface area contributed by atoms with Gasteiger partial charge in [-0.05, 0) is 49.4 Å². The van der Waals surface area contributed by atoms with Gasteiger partial charge in [0.15, 0.2) is 5.65 Å². The van der Waals surface area contributed by atoms with Crippen LogP contribution in [0.25, 0.3) is 28.0 Å². The van der Waals surface area contributed by atoms with Crippen molar-refractivity contribution in [3.63, 3.8) is 0 Å². The van der Waals surface area contributed by atoms with Gasteiger partial charge in [-0.25, -0.2) is 4.98 Å². The van der Waals surface area contributed by atoms with Gasteiger partial charge in [0.05, 0.1) is 17.7 Å². The number of piperidine rings is 1. The van der Waals surface area contributed by atoms with E-state index in [1.165, 1.54) is 5.56 Å². The maximum Gasteiger partial charge on any atom is 0.160 e. The normalized spacial score (nSPS) is 15.2. The molecule has 40 heavy (non-hydrogen) atoms. The second-order valence-electron chi connectivity index (χ2n) is 10.4. The van der Waals surface area contributed by atoms with Crippen molar-refractivity contribution in [3.8, 4) is 28.1 Å². The van der Waals surface area contributed by atoms with Crippen LogP contribution in [0.5, 0.6) is 5.75 Å². The number of phenolic OH excluding ortho intramolecular Hbond substituents is 1. The smallest absolute Gasteiger partial charge is 0.160 e. The van der Waals surface area contributed by atoms with Crippen LogP contribution in [0.4, 0.5) is 11.5 Å². The summed E-state index contributed by atoms with van der Waals surface area (Å²) in [6.45, 7) is 9.09. The third-order valence-electron chi connectivity index (χ3n) is 7.59. The summed E-state index contributed by atoms with van der Waals surface area (Å²) in [5.41, 5.74) is 6.59. The Morgan fingerprint density at radius 1 is 1.00 bits per heavy atom. The first-order chi connectivity index (χ1) is 19.6. The average Bonchev–Trinajstić information content (AvgIpc) is 3.37. The zero-order valence-corrected chi connectivity index (χ0v) is 22.7. The Hall–Kier alpha value is -4.78. The highest BCUT2D eigenvalue weighted by atomic mass is 16.3. The molecule has 2 aromatic heterocycles. The molecule has 202 valence electrons. The summed E-state index contributed by atoms with van der Waals surface area (Å²) >= 11 is 0. The minimum atomic E-state index is 0.213. The van der Waals surface area contributed by atoms with E-state index in [2.05, 4.69) is 75.7 Å². The molecule has 5 aromatic rings. The van der Waals surface area contributed by atoms with Gasteiger partial charge in [0.25, 0.3) is 0 Å². The van der Waals surface area contributed by atoms with Crippen LogP contribution < -0.4 is 10.6 Å². The number of benzene rings is 3. The van der Waals surface area contributed by atoms with E-state index in [-0.39, 0.29) is 5.75 Å². The highest BCUT2D eigenvalue weighted by molar-refractivity contribution is 5.78. The molecule has 1 saturated heterocycles. The molecule has 6 rings (SSSR count). The van der Waals surface area contributed by atoms with Crippen molar-refractivity contribution in [1.82, 2.24) is 19.5 Å². The van der Waals surface area contributed by atoms with Crippen molar-refractivity contribution in [3.05, 3.63) is 109 Å². The monoisotopic (exact) mass is 530 g/mol. The van der Waals surface area contributed by atoms with Crippen LogP contribution in [0.2, 0.25) is 0 Å². The molecule has 0 saturated carbocycles. The molecule has 1 atom stereocenters. The van der Waals surface area contributed by atoms with Crippen molar-refractivity contribution >= 4 is 17.2 Å². The van der Waals surface area contributed by atoms with E-state index < -0.39 is 0 Å². The van der Waals surface area contributed by atoms with Gasteiger partial charge in [-0.15, -0.1) is 0 Å². The number of anilines is 2. The van der Waals surface area contributed by atoms with Gasteiger partial charge in [0, 0.05) is 48.1 Å². The molecular weight excluding hydrogens is 496 g/mol. The number of fused-ring (bicyclic) bond motifs is 1. The van der Waals surface area contributed by atoms with E-state index in [1.54, 1.807) is 6.07 Å². The molecule has 1 aliphatic heterocycles. The number of aromatic nitrogens is 3. The maximum atomic E-state index is 10.4. The molecule has 7 heteroatoms. The van der Waals surface area contributed by atoms with Crippen LogP contribution in [-0.2, 0) is 0 Å². The first-order valence-electron chi connectivity index (χ1n) is 13.8. The zero-order chi connectivity index (χ0) is 27.5. The Balaban J connectivity index is 1.16. The van der Waals surface area contributed by atoms with Crippen molar-refractivity contribution in [2.75, 3.05) is 30.3 Å². The van der Waals surface area contributed by atoms with Crippen LogP contribution in [-0.4, -0.2) is 44.2 Å². The van der Waals surface area contributed by atoms with Gasteiger partial charge < -0.3 is 20.6 Å². The van der Waals surface area contributed by atoms with Crippen LogP contribution in [0.1, 0.15) is 18.4 Å². The average molecular weight is 531 g/mol. The van der Waals surface area contributed by atoms with Crippen LogP contribution >= 0.6 is 0 Å². The highest BCUT2D eigenvalue weighted by Crippen LogP contribution is 2.32. The van der Waals surface area contributed by atoms with Crippen LogP contribution in [0, 0.1) is 12.8 Å². The largest absolute Gasteiger partial charge is 0.507 e. The van der Waals surface area contributed by atoms with E-state index in [0.717, 1.165) is 72.3 Å². The Morgan fingerprint density at radius 2 is 1.75 bits per heavy atom. The van der Waals surface area contributed by atoms with Crippen LogP contribution in [0.3, 0.4) is 0 Å². The molecule has 3 aromatic carbocycles. The fourth-order valence-electron chi connectivity index (χ4n) is 5.45. The van der Waals surface area contributed by atoms with Gasteiger partial charge >= 0.3 is 0 Å². The van der Waals surface area contributed by atoms with Crippen molar-refractivity contribution in [2.45, 2.75) is 19.8 Å². The molecule has 0 spiro atoms. The van der Waals surface area contributed by atoms with E-state index in [4.69, 9.17) is 4.98 Å². The third kappa shape index (κ3) is 5.23. The number of aryl methyl sites for hydroxylation is 1. The lowest BCUT2D eigenvalue weighted by Gasteiger charge is -2.36. The molecule has 3 N–H and O–H groups in total. The number of aromatic hydroxyl groups is 1. The predicted octanol–water partition coefficient (Wildman–Crippen LogP) is 6.78. The molecule has 0 amide bonds. The summed E-state index contributed by atoms with van der Waals surface area (Å²) in [4.78, 5) is 7.15. The van der Waals surface area contributed by atoms with Gasteiger partial charge in [-0.2, -0.15) is 9.61 Å². The van der Waals surface area contributed by atoms with E-state index >= 15 is 0 Å². The second-order valence-corrected chi connectivity index (χ2v) is 10.4. The van der Waals surface area contributed by atoms with Gasteiger partial charge in [0.2, 0.25) is 0 Å². The van der Waals surface area contributed by atoms with Crippen molar-refractivity contribution in [2.24, 2.45) is 5.92 Å². The number of phenols is 1. The molecule has 0 bridgehead atoms. The van der Waals surface area contributed by atoms with E-state index in [9.17, 15) is 5.11 Å². The third-order valence-corrected chi connectivity index (χ3v) is 7.59. The van der Waals surface area contributed by atoms with Crippen molar-refractivity contribution in [1.29, 1.82) is 0 Å². The number of para-hydroxylation sites is 2. The topological polar surface area (TPSA) is 77.7 Å². The maximum absolute atomic E-state index is 10.4. The van der Waals surface area contributed by atoms with Gasteiger partial charge in [-0.3, -0.25) is 0 Å². The standard InChI is InChI=1S/C33H34N6O/c1-23-20-35-39-32(19-30(37-33(23)39)28-15-7-9-17-31(28)40)34-21-25-11-10-18-38(22-25)24(2)36-29-16-8-6-14-27(29)26-12-4-3-5-13-26/h3-9,12-17,19-20,25,34,36,40H,2,10-11,18,21-22H2,1H3. The lowest BCUT2D eigenvalue weighted by atomic mass is 9.98. The Kier molecular flexibility index (Phi) is 7.10. The minimum absolute atomic E-state index is 0.213. The Morgan fingerprint density at radius 3 is 2.58 bits per heavy atom. The summed E-state index contributed by atoms with van der Waals surface area (Å²) in [7, 11) is 0. The second kappa shape index (κ2) is 11.1. The predicted molar refractivity (Wildman–Crippen MR) is 162 cm³/mol. The van der Waals surface area contributed by atoms with Crippen LogP contribution in [0.15, 0.2) is 104 Å². The minimum Gasteiger partial charge on any atom is -0.507 e. The molecule has 7 nitrogen and oxygen atoms in total. The molecule has 3 heterocycles. The summed E-state index contributed by atoms with van der Waals surface area (Å²) in [6, 6.07) is 28.1. The number of hydrogen-bond acceptors (Lipinski definition) is 6. The summed E-state index contributed by atoms with van der Waals surface area (Å²) in [5.74, 6) is 2.43. The fourth-order valence-corrected chi connectivity index (χ4v) is 5.45.